The average molecular weight is 391 g/mol. The molecule has 1 amide bonds. The highest BCUT2D eigenvalue weighted by Gasteiger charge is 2.22. The Labute approximate surface area is 163 Å². The molecular formula is C20H25NO5S. The van der Waals surface area contributed by atoms with Gasteiger partial charge < -0.3 is 19.5 Å². The van der Waals surface area contributed by atoms with Crippen molar-refractivity contribution in [2.75, 3.05) is 21.3 Å². The first-order valence-electron chi connectivity index (χ1n) is 8.62. The molecule has 2 rings (SSSR count). The van der Waals surface area contributed by atoms with E-state index < -0.39 is 12.0 Å². The van der Waals surface area contributed by atoms with Crippen molar-refractivity contribution < 1.29 is 23.8 Å². The van der Waals surface area contributed by atoms with E-state index in [0.29, 0.717) is 16.4 Å². The Hall–Kier alpha value is -2.54. The summed E-state index contributed by atoms with van der Waals surface area (Å²) in [7, 11) is 4.41. The van der Waals surface area contributed by atoms with Crippen molar-refractivity contribution in [2.24, 2.45) is 0 Å². The van der Waals surface area contributed by atoms with E-state index in [4.69, 9.17) is 14.2 Å². The Bertz CT molecular complexity index is 815. The third-order valence-electron chi connectivity index (χ3n) is 4.28. The fraction of sp³-hybridized carbons (Fsp3) is 0.400. The summed E-state index contributed by atoms with van der Waals surface area (Å²) in [6, 6.07) is 6.63. The van der Waals surface area contributed by atoms with Crippen LogP contribution in [0.2, 0.25) is 0 Å². The standard InChI is InChI=1S/C20H25NO5S/c1-6-17-12(2)9-18(27-17)20(23)21-14(11-19(22)26-5)13-7-8-15(24-3)16(10-13)25-4/h7-10,14H,6,11H2,1-5H3,(H,21,23)/t14-/m0/s1. The predicted octanol–water partition coefficient (Wildman–Crippen LogP) is 3.67. The van der Waals surface area contributed by atoms with Crippen LogP contribution >= 0.6 is 11.3 Å². The normalized spacial score (nSPS) is 11.6. The zero-order valence-corrected chi connectivity index (χ0v) is 17.1. The van der Waals surface area contributed by atoms with Crippen LogP contribution in [0.15, 0.2) is 24.3 Å². The van der Waals surface area contributed by atoms with Crippen molar-refractivity contribution in [3.8, 4) is 11.5 Å². The first kappa shape index (κ1) is 20.8. The van der Waals surface area contributed by atoms with Gasteiger partial charge in [-0.2, -0.15) is 0 Å². The van der Waals surface area contributed by atoms with Gasteiger partial charge in [0.05, 0.1) is 38.7 Å². The molecule has 2 aromatic rings. The topological polar surface area (TPSA) is 73.9 Å². The smallest absolute Gasteiger partial charge is 0.307 e. The van der Waals surface area contributed by atoms with Crippen molar-refractivity contribution in [3.63, 3.8) is 0 Å². The van der Waals surface area contributed by atoms with Crippen LogP contribution in [0.1, 0.15) is 45.1 Å². The monoisotopic (exact) mass is 391 g/mol. The van der Waals surface area contributed by atoms with Crippen molar-refractivity contribution in [3.05, 3.63) is 45.1 Å². The van der Waals surface area contributed by atoms with Crippen LogP contribution < -0.4 is 14.8 Å². The highest BCUT2D eigenvalue weighted by Crippen LogP contribution is 2.31. The van der Waals surface area contributed by atoms with Crippen LogP contribution in [0.3, 0.4) is 0 Å². The number of thiophene rings is 1. The minimum atomic E-state index is -0.544. The van der Waals surface area contributed by atoms with Gasteiger partial charge in [0.25, 0.3) is 5.91 Å². The van der Waals surface area contributed by atoms with E-state index in [1.54, 1.807) is 25.3 Å². The van der Waals surface area contributed by atoms with Gasteiger partial charge in [0, 0.05) is 4.88 Å². The van der Waals surface area contributed by atoms with Gasteiger partial charge in [-0.1, -0.05) is 13.0 Å². The maximum absolute atomic E-state index is 12.7. The van der Waals surface area contributed by atoms with Gasteiger partial charge in [0.1, 0.15) is 0 Å². The highest BCUT2D eigenvalue weighted by atomic mass is 32.1. The Balaban J connectivity index is 2.31. The molecule has 0 bridgehead atoms. The summed E-state index contributed by atoms with van der Waals surface area (Å²) in [5.41, 5.74) is 1.83. The predicted molar refractivity (Wildman–Crippen MR) is 105 cm³/mol. The van der Waals surface area contributed by atoms with Crippen molar-refractivity contribution in [1.82, 2.24) is 5.32 Å². The van der Waals surface area contributed by atoms with Crippen molar-refractivity contribution in [2.45, 2.75) is 32.7 Å². The lowest BCUT2D eigenvalue weighted by Gasteiger charge is -2.19. The molecule has 0 saturated carbocycles. The average Bonchev–Trinajstić information content (AvgIpc) is 3.07. The van der Waals surface area contributed by atoms with Gasteiger partial charge in [-0.05, 0) is 42.7 Å². The Morgan fingerprint density at radius 2 is 1.81 bits per heavy atom. The molecule has 0 aliphatic carbocycles. The Morgan fingerprint density at radius 3 is 2.37 bits per heavy atom. The molecule has 0 unspecified atom stereocenters. The number of esters is 1. The van der Waals surface area contributed by atoms with Gasteiger partial charge in [-0.15, -0.1) is 11.3 Å². The summed E-state index contributed by atoms with van der Waals surface area (Å²) in [5, 5.41) is 2.94. The lowest BCUT2D eigenvalue weighted by molar-refractivity contribution is -0.141. The molecule has 1 aromatic carbocycles. The second-order valence-electron chi connectivity index (χ2n) is 5.99. The van der Waals surface area contributed by atoms with Gasteiger partial charge in [-0.25, -0.2) is 0 Å². The number of aryl methyl sites for hydroxylation is 2. The molecule has 0 radical (unpaired) electrons. The van der Waals surface area contributed by atoms with Crippen molar-refractivity contribution in [1.29, 1.82) is 0 Å². The molecule has 146 valence electrons. The van der Waals surface area contributed by atoms with Gasteiger partial charge in [0.15, 0.2) is 11.5 Å². The molecule has 0 fully saturated rings. The molecule has 27 heavy (non-hydrogen) atoms. The number of nitrogens with one attached hydrogen (secondary N) is 1. The number of benzene rings is 1. The van der Waals surface area contributed by atoms with Crippen LogP contribution in [0.25, 0.3) is 0 Å². The number of hydrogen-bond acceptors (Lipinski definition) is 6. The van der Waals surface area contributed by atoms with Crippen LogP contribution in [-0.2, 0) is 16.0 Å². The molecule has 0 aliphatic heterocycles. The zero-order chi connectivity index (χ0) is 20.0. The third kappa shape index (κ3) is 5.01. The SMILES string of the molecule is CCc1sc(C(=O)N[C@@H](CC(=O)OC)c2ccc(OC)c(OC)c2)cc1C. The largest absolute Gasteiger partial charge is 0.493 e. The van der Waals surface area contributed by atoms with Gasteiger partial charge in [0.2, 0.25) is 0 Å². The Kier molecular flexibility index (Phi) is 7.24. The molecule has 1 N–H and O–H groups in total. The van der Waals surface area contributed by atoms with Crippen LogP contribution in [0.4, 0.5) is 0 Å². The minimum Gasteiger partial charge on any atom is -0.493 e. The van der Waals surface area contributed by atoms with Crippen molar-refractivity contribution >= 4 is 23.2 Å². The molecule has 1 atom stereocenters. The summed E-state index contributed by atoms with van der Waals surface area (Å²) < 4.78 is 15.4. The van der Waals surface area contributed by atoms with Gasteiger partial charge >= 0.3 is 5.97 Å². The maximum atomic E-state index is 12.7. The number of hydrogen-bond donors (Lipinski definition) is 1. The first-order valence-corrected chi connectivity index (χ1v) is 9.44. The zero-order valence-electron chi connectivity index (χ0n) is 16.3. The van der Waals surface area contributed by atoms with Crippen LogP contribution in [0, 0.1) is 6.92 Å². The van der Waals surface area contributed by atoms with Crippen LogP contribution in [-0.4, -0.2) is 33.2 Å². The highest BCUT2D eigenvalue weighted by molar-refractivity contribution is 7.14. The molecule has 7 heteroatoms. The lowest BCUT2D eigenvalue weighted by Crippen LogP contribution is -2.30. The summed E-state index contributed by atoms with van der Waals surface area (Å²) in [6.07, 6.45) is 0.897. The fourth-order valence-corrected chi connectivity index (χ4v) is 3.80. The number of rotatable bonds is 8. The van der Waals surface area contributed by atoms with E-state index in [1.165, 1.54) is 30.4 Å². The maximum Gasteiger partial charge on any atom is 0.307 e. The minimum absolute atomic E-state index is 0.0166. The number of carbonyl (C=O) groups is 2. The lowest BCUT2D eigenvalue weighted by atomic mass is 10.0. The molecule has 0 saturated heterocycles. The van der Waals surface area contributed by atoms with Gasteiger partial charge in [-0.3, -0.25) is 9.59 Å². The Morgan fingerprint density at radius 1 is 1.11 bits per heavy atom. The van der Waals surface area contributed by atoms with E-state index in [9.17, 15) is 9.59 Å². The molecule has 6 nitrogen and oxygen atoms in total. The second-order valence-corrected chi connectivity index (χ2v) is 7.13. The number of ether oxygens (including phenoxy) is 3. The van der Waals surface area contributed by atoms with E-state index in [0.717, 1.165) is 17.5 Å². The summed E-state index contributed by atoms with van der Waals surface area (Å²) >= 11 is 1.47. The fourth-order valence-electron chi connectivity index (χ4n) is 2.78. The summed E-state index contributed by atoms with van der Waals surface area (Å²) in [6.45, 7) is 4.05. The number of methoxy groups -OCH3 is 3. The molecule has 0 aliphatic rings. The second kappa shape index (κ2) is 9.41. The number of carbonyl (C=O) groups excluding carboxylic acids is 2. The van der Waals surface area contributed by atoms with E-state index >= 15 is 0 Å². The molecular weight excluding hydrogens is 366 g/mol. The van der Waals surface area contributed by atoms with E-state index in [-0.39, 0.29) is 12.3 Å². The quantitative estimate of drug-likeness (QED) is 0.695. The number of amides is 1. The summed E-state index contributed by atoms with van der Waals surface area (Å²) in [4.78, 5) is 26.4. The third-order valence-corrected chi connectivity index (χ3v) is 5.66. The van der Waals surface area contributed by atoms with Crippen LogP contribution in [0.5, 0.6) is 11.5 Å². The molecule has 0 spiro atoms. The summed E-state index contributed by atoms with van der Waals surface area (Å²) in [5.74, 6) is 0.475. The molecule has 1 heterocycles. The van der Waals surface area contributed by atoms with E-state index in [2.05, 4.69) is 12.2 Å². The first-order chi connectivity index (χ1) is 12.9. The van der Waals surface area contributed by atoms with E-state index in [1.807, 2.05) is 13.0 Å². The molecule has 1 aromatic heterocycles.